The van der Waals surface area contributed by atoms with Crippen LogP contribution in [0.4, 0.5) is 0 Å². The van der Waals surface area contributed by atoms with Gasteiger partial charge in [-0.3, -0.25) is 4.90 Å². The average molecular weight is 347 g/mol. The van der Waals surface area contributed by atoms with E-state index in [0.29, 0.717) is 0 Å². The van der Waals surface area contributed by atoms with E-state index in [1.165, 1.54) is 4.90 Å². The number of aliphatic carboxylic acids is 1. The molecule has 0 spiro atoms. The van der Waals surface area contributed by atoms with Crippen molar-refractivity contribution in [2.75, 3.05) is 19.7 Å². The normalized spacial score (nSPS) is 31.1. The van der Waals surface area contributed by atoms with Crippen molar-refractivity contribution in [3.8, 4) is 0 Å². The third kappa shape index (κ3) is 4.72. The van der Waals surface area contributed by atoms with E-state index in [1.54, 1.807) is 0 Å². The summed E-state index contributed by atoms with van der Waals surface area (Å²) in [4.78, 5) is 11.8. The zero-order chi connectivity index (χ0) is 16.3. The van der Waals surface area contributed by atoms with Crippen LogP contribution in [0.25, 0.3) is 0 Å². The number of aliphatic hydroxyl groups is 7. The van der Waals surface area contributed by atoms with E-state index < -0.39 is 55.2 Å². The molecule has 0 aromatic rings. The molecule has 0 saturated carbocycles. The van der Waals surface area contributed by atoms with Gasteiger partial charge in [-0.05, 0) is 0 Å². The Labute approximate surface area is 132 Å². The monoisotopic (exact) mass is 346 g/mol. The number of rotatable bonds is 7. The molecule has 1 fully saturated rings. The van der Waals surface area contributed by atoms with Gasteiger partial charge < -0.3 is 53.3 Å². The molecule has 1 aliphatic rings. The second-order valence-electron chi connectivity index (χ2n) is 5.09. The van der Waals surface area contributed by atoms with Gasteiger partial charge in [0.25, 0.3) is 0 Å². The fourth-order valence-electron chi connectivity index (χ4n) is 2.30. The first-order valence-corrected chi connectivity index (χ1v) is 6.36. The van der Waals surface area contributed by atoms with Crippen molar-refractivity contribution in [2.24, 2.45) is 0 Å². The summed E-state index contributed by atoms with van der Waals surface area (Å²) in [6.07, 6.45) is -10.3. The van der Waals surface area contributed by atoms with Gasteiger partial charge in [0.05, 0.1) is 31.0 Å². The van der Waals surface area contributed by atoms with Crippen molar-refractivity contribution in [3.05, 3.63) is 0 Å². The summed E-state index contributed by atoms with van der Waals surface area (Å²) >= 11 is 0. The molecule has 0 bridgehead atoms. The summed E-state index contributed by atoms with van der Waals surface area (Å²) in [5.41, 5.74) is 0. The van der Waals surface area contributed by atoms with E-state index in [0.717, 1.165) is 0 Å². The minimum absolute atomic E-state index is 0. The van der Waals surface area contributed by atoms with Crippen molar-refractivity contribution < 1.29 is 58.1 Å². The van der Waals surface area contributed by atoms with E-state index in [-0.39, 0.29) is 25.5 Å². The average Bonchev–Trinajstić information content (AvgIpc) is 2.70. The van der Waals surface area contributed by atoms with Crippen LogP contribution in [0.15, 0.2) is 0 Å². The lowest BCUT2D eigenvalue weighted by molar-refractivity contribution is -0.163. The minimum atomic E-state index is -2.27. The summed E-state index contributed by atoms with van der Waals surface area (Å²) in [6, 6.07) is -0.858. The second kappa shape index (κ2) is 8.91. The third-order valence-corrected chi connectivity index (χ3v) is 3.61. The maximum absolute atomic E-state index is 10.5. The summed E-state index contributed by atoms with van der Waals surface area (Å²) in [7, 11) is 0. The first-order chi connectivity index (χ1) is 9.70. The lowest BCUT2D eigenvalue weighted by Crippen LogP contribution is -3.00. The highest BCUT2D eigenvalue weighted by atomic mass is 35.5. The SMILES string of the molecule is O=C(O)[C@@H](O)[C@@H](O)[C@H](O)[C@@H](O)CN1C[C@@H](O)[C@H](O)[C@H]1CO.[Cl-]. The first-order valence-electron chi connectivity index (χ1n) is 6.36. The first kappa shape index (κ1) is 21.4. The van der Waals surface area contributed by atoms with E-state index in [4.69, 9.17) is 15.3 Å². The van der Waals surface area contributed by atoms with Gasteiger partial charge in [0.1, 0.15) is 12.2 Å². The summed E-state index contributed by atoms with van der Waals surface area (Å²) in [5, 5.41) is 74.6. The number of halogens is 1. The Hall–Kier alpha value is -0.560. The van der Waals surface area contributed by atoms with E-state index in [2.05, 4.69) is 0 Å². The zero-order valence-corrected chi connectivity index (χ0v) is 12.2. The van der Waals surface area contributed by atoms with Crippen molar-refractivity contribution in [1.29, 1.82) is 0 Å². The molecule has 11 heteroatoms. The van der Waals surface area contributed by atoms with Crippen LogP contribution < -0.4 is 12.4 Å². The molecule has 1 aliphatic heterocycles. The molecule has 22 heavy (non-hydrogen) atoms. The topological polar surface area (TPSA) is 182 Å². The lowest BCUT2D eigenvalue weighted by Gasteiger charge is -2.30. The molecule has 1 saturated heterocycles. The van der Waals surface area contributed by atoms with Gasteiger partial charge >= 0.3 is 5.97 Å². The summed E-state index contributed by atoms with van der Waals surface area (Å²) < 4.78 is 0. The zero-order valence-electron chi connectivity index (χ0n) is 11.5. The molecule has 0 aromatic heterocycles. The largest absolute Gasteiger partial charge is 1.00 e. The third-order valence-electron chi connectivity index (χ3n) is 3.61. The highest BCUT2D eigenvalue weighted by Gasteiger charge is 2.42. The van der Waals surface area contributed by atoms with E-state index in [9.17, 15) is 30.3 Å². The molecule has 1 heterocycles. The number of carboxylic acid groups (broad SMARTS) is 1. The van der Waals surface area contributed by atoms with Crippen molar-refractivity contribution >= 4 is 5.97 Å². The second-order valence-corrected chi connectivity index (χ2v) is 5.09. The highest BCUT2D eigenvalue weighted by molar-refractivity contribution is 5.72. The van der Waals surface area contributed by atoms with E-state index in [1.807, 2.05) is 0 Å². The number of carbonyl (C=O) groups is 1. The number of nitrogens with zero attached hydrogens (tertiary/aromatic N) is 1. The Morgan fingerprint density at radius 3 is 2.14 bits per heavy atom. The number of hydrogen-bond acceptors (Lipinski definition) is 9. The van der Waals surface area contributed by atoms with Crippen LogP contribution in [0.1, 0.15) is 0 Å². The molecule has 0 radical (unpaired) electrons. The molecule has 0 aromatic carbocycles. The van der Waals surface area contributed by atoms with Crippen LogP contribution in [0, 0.1) is 0 Å². The smallest absolute Gasteiger partial charge is 0.335 e. The molecule has 0 amide bonds. The molecule has 0 unspecified atom stereocenters. The van der Waals surface area contributed by atoms with Crippen LogP contribution in [0.2, 0.25) is 0 Å². The maximum Gasteiger partial charge on any atom is 0.335 e. The Kier molecular flexibility index (Phi) is 8.69. The summed E-state index contributed by atoms with van der Waals surface area (Å²) in [6.45, 7) is -0.918. The number of likely N-dealkylation sites (tertiary alicyclic amines) is 1. The summed E-state index contributed by atoms with van der Waals surface area (Å²) in [5.74, 6) is -1.76. The number of hydrogen-bond donors (Lipinski definition) is 8. The molecule has 8 N–H and O–H groups in total. The molecule has 7 atom stereocenters. The molecular formula is C11H21ClNO9-. The molecule has 0 aliphatic carbocycles. The van der Waals surface area contributed by atoms with Crippen molar-refractivity contribution in [3.63, 3.8) is 0 Å². The van der Waals surface area contributed by atoms with Gasteiger partial charge in [-0.1, -0.05) is 0 Å². The van der Waals surface area contributed by atoms with Crippen LogP contribution >= 0.6 is 0 Å². The molecular weight excluding hydrogens is 326 g/mol. The van der Waals surface area contributed by atoms with Gasteiger partial charge in [0.2, 0.25) is 0 Å². The number of aliphatic hydroxyl groups excluding tert-OH is 7. The van der Waals surface area contributed by atoms with Crippen LogP contribution in [0.5, 0.6) is 0 Å². The van der Waals surface area contributed by atoms with Gasteiger partial charge in [-0.2, -0.15) is 0 Å². The quantitative estimate of drug-likeness (QED) is 0.220. The Morgan fingerprint density at radius 1 is 1.14 bits per heavy atom. The van der Waals surface area contributed by atoms with Gasteiger partial charge in [0.15, 0.2) is 6.10 Å². The Bertz CT molecular complexity index is 360. The van der Waals surface area contributed by atoms with Crippen LogP contribution in [0.3, 0.4) is 0 Å². The predicted octanol–water partition coefficient (Wildman–Crippen LogP) is -8.08. The van der Waals surface area contributed by atoms with E-state index >= 15 is 0 Å². The Morgan fingerprint density at radius 2 is 1.68 bits per heavy atom. The maximum atomic E-state index is 10.5. The van der Waals surface area contributed by atoms with Crippen molar-refractivity contribution in [2.45, 2.75) is 42.7 Å². The fourth-order valence-corrected chi connectivity index (χ4v) is 2.30. The molecule has 10 nitrogen and oxygen atoms in total. The van der Waals surface area contributed by atoms with Crippen LogP contribution in [-0.4, -0.2) is 114 Å². The van der Waals surface area contributed by atoms with Crippen LogP contribution in [-0.2, 0) is 4.79 Å². The van der Waals surface area contributed by atoms with Gasteiger partial charge in [-0.25, -0.2) is 4.79 Å². The highest BCUT2D eigenvalue weighted by Crippen LogP contribution is 2.19. The number of β-amino-alcohol motifs (C(OH)–C–C–N with tert-alkyl or cyclic N) is 2. The minimum Gasteiger partial charge on any atom is -1.00 e. The predicted molar refractivity (Wildman–Crippen MR) is 66.1 cm³/mol. The van der Waals surface area contributed by atoms with Gasteiger partial charge in [-0.15, -0.1) is 0 Å². The fraction of sp³-hybridized carbons (Fsp3) is 0.909. The number of carboxylic acids is 1. The molecule has 1 rings (SSSR count). The standard InChI is InChI=1S/C11H21NO9.ClH/c13-3-4-7(16)5(14)1-12(4)2-6(15)8(17)9(18)10(19)11(20)21;/h4-10,13-19H,1-3H2,(H,20,21);1H/p-1/t4-,5-,6+,7-,8-,9+,10+;/m1./s1. The van der Waals surface area contributed by atoms with Crippen molar-refractivity contribution in [1.82, 2.24) is 4.90 Å². The van der Waals surface area contributed by atoms with Gasteiger partial charge in [0, 0.05) is 13.1 Å². The Balaban J connectivity index is 0.00000441. The lowest BCUT2D eigenvalue weighted by atomic mass is 10.0. The molecule has 132 valence electrons.